The number of nitrogens with zero attached hydrogens (tertiary/aromatic N) is 3. The normalized spacial score (nSPS) is 10.9. The van der Waals surface area contributed by atoms with Crippen molar-refractivity contribution in [2.45, 2.75) is 18.5 Å². The van der Waals surface area contributed by atoms with Crippen molar-refractivity contribution in [3.8, 4) is 0 Å². The molecule has 2 aromatic heterocycles. The van der Waals surface area contributed by atoms with Crippen LogP contribution in [0.4, 0.5) is 5.82 Å². The summed E-state index contributed by atoms with van der Waals surface area (Å²) in [7, 11) is 0. The predicted octanol–water partition coefficient (Wildman–Crippen LogP) is 1.44. The summed E-state index contributed by atoms with van der Waals surface area (Å²) < 4.78 is 0. The second-order valence-corrected chi connectivity index (χ2v) is 3.90. The van der Waals surface area contributed by atoms with Crippen LogP contribution in [0, 0.1) is 0 Å². The van der Waals surface area contributed by atoms with Crippen LogP contribution in [-0.4, -0.2) is 25.7 Å². The summed E-state index contributed by atoms with van der Waals surface area (Å²) in [5.74, 6) is 1.44. The van der Waals surface area contributed by atoms with Crippen LogP contribution in [0.3, 0.4) is 0 Å². The van der Waals surface area contributed by atoms with Crippen LogP contribution in [-0.2, 0) is 0 Å². The lowest BCUT2D eigenvalue weighted by molar-refractivity contribution is 0.992. The number of hydrogen-bond acceptors (Lipinski definition) is 5. The molecule has 0 spiro atoms. The quantitative estimate of drug-likeness (QED) is 0.590. The highest BCUT2D eigenvalue weighted by Crippen LogP contribution is 2.19. The number of fused-ring (bicyclic) bond motifs is 1. The Kier molecular flexibility index (Phi) is 2.53. The van der Waals surface area contributed by atoms with Crippen molar-refractivity contribution in [1.29, 1.82) is 0 Å². The number of nitrogen functional groups attached to an aromatic ring is 1. The van der Waals surface area contributed by atoms with E-state index in [1.165, 1.54) is 0 Å². The maximum Gasteiger partial charge on any atom is 0.191 e. The molecular weight excluding hydrogens is 198 g/mol. The fraction of sp³-hybridized carbons (Fsp3) is 0.375. The van der Waals surface area contributed by atoms with E-state index in [0.29, 0.717) is 22.1 Å². The van der Waals surface area contributed by atoms with Gasteiger partial charge in [-0.25, -0.2) is 15.0 Å². The van der Waals surface area contributed by atoms with Gasteiger partial charge in [-0.2, -0.15) is 0 Å². The highest BCUT2D eigenvalue weighted by atomic mass is 32.2. The van der Waals surface area contributed by atoms with Crippen LogP contribution in [0.5, 0.6) is 0 Å². The third-order valence-corrected chi connectivity index (χ3v) is 2.77. The SMILES string of the molecule is CCCSc1nc(N)c2nc[nH]c2n1. The van der Waals surface area contributed by atoms with E-state index in [4.69, 9.17) is 5.73 Å². The van der Waals surface area contributed by atoms with Gasteiger partial charge in [0.25, 0.3) is 0 Å². The van der Waals surface area contributed by atoms with Gasteiger partial charge in [0.05, 0.1) is 6.33 Å². The van der Waals surface area contributed by atoms with Crippen LogP contribution < -0.4 is 5.73 Å². The molecule has 74 valence electrons. The number of imidazole rings is 1. The number of nitrogens with two attached hydrogens (primary N) is 1. The molecule has 0 bridgehead atoms. The number of H-pyrrole nitrogens is 1. The molecule has 0 aliphatic heterocycles. The van der Waals surface area contributed by atoms with Crippen molar-refractivity contribution >= 4 is 28.7 Å². The van der Waals surface area contributed by atoms with Crippen molar-refractivity contribution < 1.29 is 0 Å². The fourth-order valence-electron chi connectivity index (χ4n) is 1.09. The van der Waals surface area contributed by atoms with Crippen LogP contribution in [0.2, 0.25) is 0 Å². The third-order valence-electron chi connectivity index (χ3n) is 1.72. The largest absolute Gasteiger partial charge is 0.382 e. The summed E-state index contributed by atoms with van der Waals surface area (Å²) >= 11 is 1.60. The predicted molar refractivity (Wildman–Crippen MR) is 57.1 cm³/mol. The van der Waals surface area contributed by atoms with E-state index in [9.17, 15) is 0 Å². The van der Waals surface area contributed by atoms with Gasteiger partial charge in [0.2, 0.25) is 0 Å². The number of hydrogen-bond donors (Lipinski definition) is 2. The minimum absolute atomic E-state index is 0.440. The highest BCUT2D eigenvalue weighted by Gasteiger charge is 2.06. The van der Waals surface area contributed by atoms with Gasteiger partial charge in [0.15, 0.2) is 16.6 Å². The molecule has 0 amide bonds. The molecule has 2 heterocycles. The minimum atomic E-state index is 0.440. The highest BCUT2D eigenvalue weighted by molar-refractivity contribution is 7.99. The third kappa shape index (κ3) is 1.65. The first-order chi connectivity index (χ1) is 6.81. The summed E-state index contributed by atoms with van der Waals surface area (Å²) in [4.78, 5) is 15.4. The van der Waals surface area contributed by atoms with E-state index in [1.807, 2.05) is 0 Å². The van der Waals surface area contributed by atoms with Crippen molar-refractivity contribution in [3.63, 3.8) is 0 Å². The zero-order valence-corrected chi connectivity index (χ0v) is 8.64. The molecule has 0 aromatic carbocycles. The van der Waals surface area contributed by atoms with Gasteiger partial charge in [-0.15, -0.1) is 0 Å². The Labute approximate surface area is 85.5 Å². The molecule has 0 aliphatic rings. The van der Waals surface area contributed by atoms with E-state index in [0.717, 1.165) is 12.2 Å². The molecule has 0 aliphatic carbocycles. The molecule has 14 heavy (non-hydrogen) atoms. The van der Waals surface area contributed by atoms with Crippen LogP contribution >= 0.6 is 11.8 Å². The maximum absolute atomic E-state index is 5.73. The number of aromatic amines is 1. The minimum Gasteiger partial charge on any atom is -0.382 e. The average Bonchev–Trinajstić information content (AvgIpc) is 2.63. The second-order valence-electron chi connectivity index (χ2n) is 2.84. The van der Waals surface area contributed by atoms with Crippen LogP contribution in [0.1, 0.15) is 13.3 Å². The molecule has 0 fully saturated rings. The first-order valence-corrected chi connectivity index (χ1v) is 5.39. The van der Waals surface area contributed by atoms with Crippen molar-refractivity contribution in [3.05, 3.63) is 6.33 Å². The van der Waals surface area contributed by atoms with Gasteiger partial charge in [0.1, 0.15) is 5.52 Å². The Balaban J connectivity index is 2.38. The Morgan fingerprint density at radius 3 is 3.14 bits per heavy atom. The smallest absolute Gasteiger partial charge is 0.191 e. The van der Waals surface area contributed by atoms with Gasteiger partial charge in [-0.3, -0.25) is 0 Å². The summed E-state index contributed by atoms with van der Waals surface area (Å²) in [5, 5.41) is 0.709. The number of anilines is 1. The summed E-state index contributed by atoms with van der Waals surface area (Å²) in [6.45, 7) is 2.12. The number of nitrogens with one attached hydrogen (secondary N) is 1. The van der Waals surface area contributed by atoms with Crippen molar-refractivity contribution in [2.75, 3.05) is 11.5 Å². The van der Waals surface area contributed by atoms with Gasteiger partial charge in [-0.1, -0.05) is 18.7 Å². The van der Waals surface area contributed by atoms with E-state index in [1.54, 1.807) is 18.1 Å². The summed E-state index contributed by atoms with van der Waals surface area (Å²) in [5.41, 5.74) is 7.08. The molecule has 0 radical (unpaired) electrons. The molecule has 3 N–H and O–H groups in total. The molecule has 5 nitrogen and oxygen atoms in total. The number of thioether (sulfide) groups is 1. The lowest BCUT2D eigenvalue weighted by Crippen LogP contribution is -1.96. The Hall–Kier alpha value is -1.30. The fourth-order valence-corrected chi connectivity index (χ4v) is 1.80. The van der Waals surface area contributed by atoms with Crippen LogP contribution in [0.25, 0.3) is 11.2 Å². The second kappa shape index (κ2) is 3.83. The molecule has 6 heteroatoms. The Bertz CT molecular complexity index is 438. The van der Waals surface area contributed by atoms with Crippen LogP contribution in [0.15, 0.2) is 11.5 Å². The summed E-state index contributed by atoms with van der Waals surface area (Å²) in [6, 6.07) is 0. The van der Waals surface area contributed by atoms with Gasteiger partial charge in [-0.05, 0) is 6.42 Å². The van der Waals surface area contributed by atoms with E-state index < -0.39 is 0 Å². The van der Waals surface area contributed by atoms with Crippen molar-refractivity contribution in [1.82, 2.24) is 19.9 Å². The first kappa shape index (κ1) is 9.26. The monoisotopic (exact) mass is 209 g/mol. The van der Waals surface area contributed by atoms with E-state index in [2.05, 4.69) is 26.9 Å². The molecular formula is C8H11N5S. The maximum atomic E-state index is 5.73. The topological polar surface area (TPSA) is 80.5 Å². The summed E-state index contributed by atoms with van der Waals surface area (Å²) in [6.07, 6.45) is 2.67. The number of aromatic nitrogens is 4. The Morgan fingerprint density at radius 2 is 2.36 bits per heavy atom. The number of rotatable bonds is 3. The first-order valence-electron chi connectivity index (χ1n) is 4.40. The zero-order chi connectivity index (χ0) is 9.97. The van der Waals surface area contributed by atoms with Gasteiger partial charge in [0, 0.05) is 5.75 Å². The molecule has 0 atom stereocenters. The van der Waals surface area contributed by atoms with Crippen molar-refractivity contribution in [2.24, 2.45) is 0 Å². The molecule has 2 rings (SSSR count). The lowest BCUT2D eigenvalue weighted by Gasteiger charge is -1.99. The van der Waals surface area contributed by atoms with Gasteiger partial charge < -0.3 is 10.7 Å². The lowest BCUT2D eigenvalue weighted by atomic mass is 10.5. The molecule has 2 aromatic rings. The standard InChI is InChI=1S/C8H11N5S/c1-2-3-14-8-12-6(9)5-7(13-8)11-4-10-5/h4H,2-3H2,1H3,(H3,9,10,11,12,13). The Morgan fingerprint density at radius 1 is 1.50 bits per heavy atom. The zero-order valence-electron chi connectivity index (χ0n) is 7.82. The molecule has 0 saturated carbocycles. The molecule has 0 saturated heterocycles. The van der Waals surface area contributed by atoms with E-state index in [-0.39, 0.29) is 0 Å². The molecule has 0 unspecified atom stereocenters. The average molecular weight is 209 g/mol. The van der Waals surface area contributed by atoms with Gasteiger partial charge >= 0.3 is 0 Å². The van der Waals surface area contributed by atoms with E-state index >= 15 is 0 Å².